The average Bonchev–Trinajstić information content (AvgIpc) is 2.80. The molecule has 1 heterocycles. The van der Waals surface area contributed by atoms with Gasteiger partial charge in [0.25, 0.3) is 0 Å². The zero-order valence-electron chi connectivity index (χ0n) is 11.5. The van der Waals surface area contributed by atoms with Gasteiger partial charge >= 0.3 is 0 Å². The van der Waals surface area contributed by atoms with Crippen LogP contribution in [-0.2, 0) is 9.53 Å². The van der Waals surface area contributed by atoms with Crippen molar-refractivity contribution < 1.29 is 9.53 Å². The number of amides is 1. The van der Waals surface area contributed by atoms with Crippen molar-refractivity contribution in [1.82, 2.24) is 5.32 Å². The highest BCUT2D eigenvalue weighted by Gasteiger charge is 2.52. The van der Waals surface area contributed by atoms with Crippen LogP contribution in [0.15, 0.2) is 0 Å². The molecule has 0 bridgehead atoms. The fourth-order valence-electron chi connectivity index (χ4n) is 3.31. The lowest BCUT2D eigenvalue weighted by molar-refractivity contribution is -0.130. The van der Waals surface area contributed by atoms with E-state index in [0.717, 1.165) is 38.7 Å². The van der Waals surface area contributed by atoms with Crippen molar-refractivity contribution in [2.24, 2.45) is 17.6 Å². The molecule has 2 aliphatic rings. The lowest BCUT2D eigenvalue weighted by Crippen LogP contribution is -2.69. The first kappa shape index (κ1) is 13.8. The summed E-state index contributed by atoms with van der Waals surface area (Å²) >= 11 is 0. The highest BCUT2D eigenvalue weighted by molar-refractivity contribution is 5.79. The quantitative estimate of drug-likeness (QED) is 0.753. The fraction of sp³-hybridized carbons (Fsp3) is 0.929. The number of carbonyl (C=O) groups excluding carboxylic acids is 1. The van der Waals surface area contributed by atoms with E-state index in [1.807, 2.05) is 0 Å². The molecule has 0 spiro atoms. The van der Waals surface area contributed by atoms with Gasteiger partial charge in [-0.2, -0.15) is 0 Å². The average molecular weight is 254 g/mol. The number of hydrogen-bond donors (Lipinski definition) is 2. The molecule has 4 unspecified atom stereocenters. The number of hydrogen-bond acceptors (Lipinski definition) is 3. The Kier molecular flexibility index (Phi) is 4.62. The van der Waals surface area contributed by atoms with Gasteiger partial charge in [0.05, 0.1) is 12.1 Å². The van der Waals surface area contributed by atoms with Gasteiger partial charge in [0.1, 0.15) is 0 Å². The van der Waals surface area contributed by atoms with Crippen LogP contribution in [0.1, 0.15) is 46.0 Å². The number of nitrogens with two attached hydrogens (primary N) is 1. The third-order valence-corrected chi connectivity index (χ3v) is 4.40. The van der Waals surface area contributed by atoms with Crippen molar-refractivity contribution in [3.8, 4) is 0 Å². The molecule has 18 heavy (non-hydrogen) atoms. The van der Waals surface area contributed by atoms with Crippen LogP contribution >= 0.6 is 0 Å². The van der Waals surface area contributed by atoms with Gasteiger partial charge in [-0.15, -0.1) is 0 Å². The van der Waals surface area contributed by atoms with E-state index in [0.29, 0.717) is 5.92 Å². The normalized spacial score (nSPS) is 34.2. The molecule has 1 saturated heterocycles. The standard InChI is InChI=1S/C14H26N2O2/c1-3-5-9(6-4-2)14(17)16-12-11(15)10-7-8-18-13(10)12/h9-13H,3-8,15H2,1-2H3,(H,16,17). The largest absolute Gasteiger partial charge is 0.376 e. The summed E-state index contributed by atoms with van der Waals surface area (Å²) in [4.78, 5) is 12.2. The minimum atomic E-state index is 0.0428. The second-order valence-corrected chi connectivity index (χ2v) is 5.67. The van der Waals surface area contributed by atoms with Crippen LogP contribution in [0.3, 0.4) is 0 Å². The van der Waals surface area contributed by atoms with Gasteiger partial charge in [-0.1, -0.05) is 26.7 Å². The van der Waals surface area contributed by atoms with Gasteiger partial charge in [-0.25, -0.2) is 0 Å². The number of nitrogens with one attached hydrogen (secondary N) is 1. The second-order valence-electron chi connectivity index (χ2n) is 5.67. The summed E-state index contributed by atoms with van der Waals surface area (Å²) in [7, 11) is 0. The molecule has 1 aliphatic heterocycles. The minimum Gasteiger partial charge on any atom is -0.376 e. The Balaban J connectivity index is 1.86. The van der Waals surface area contributed by atoms with E-state index in [2.05, 4.69) is 19.2 Å². The van der Waals surface area contributed by atoms with Crippen LogP contribution in [0, 0.1) is 11.8 Å². The SMILES string of the molecule is CCCC(CCC)C(=O)NC1C(N)C2CCOC21. The zero-order valence-corrected chi connectivity index (χ0v) is 11.5. The monoisotopic (exact) mass is 254 g/mol. The van der Waals surface area contributed by atoms with Gasteiger partial charge in [-0.05, 0) is 19.3 Å². The topological polar surface area (TPSA) is 64.4 Å². The first-order chi connectivity index (χ1) is 8.69. The van der Waals surface area contributed by atoms with Crippen LogP contribution < -0.4 is 11.1 Å². The highest BCUT2D eigenvalue weighted by Crippen LogP contribution is 2.37. The molecule has 1 amide bonds. The number of carbonyl (C=O) groups is 1. The van der Waals surface area contributed by atoms with Crippen molar-refractivity contribution in [2.75, 3.05) is 6.61 Å². The van der Waals surface area contributed by atoms with Crippen molar-refractivity contribution >= 4 is 5.91 Å². The van der Waals surface area contributed by atoms with Crippen LogP contribution in [0.5, 0.6) is 0 Å². The molecular weight excluding hydrogens is 228 g/mol. The number of ether oxygens (including phenoxy) is 1. The maximum Gasteiger partial charge on any atom is 0.223 e. The molecule has 0 aromatic heterocycles. The summed E-state index contributed by atoms with van der Waals surface area (Å²) in [5.41, 5.74) is 6.11. The molecule has 3 N–H and O–H groups in total. The number of rotatable bonds is 6. The van der Waals surface area contributed by atoms with Crippen LogP contribution in [0.4, 0.5) is 0 Å². The molecule has 0 radical (unpaired) electrons. The molecular formula is C14H26N2O2. The second kappa shape index (κ2) is 6.02. The van der Waals surface area contributed by atoms with E-state index in [1.54, 1.807) is 0 Å². The zero-order chi connectivity index (χ0) is 13.1. The van der Waals surface area contributed by atoms with E-state index >= 15 is 0 Å². The Bertz CT molecular complexity index is 290. The van der Waals surface area contributed by atoms with Crippen molar-refractivity contribution in [3.05, 3.63) is 0 Å². The van der Waals surface area contributed by atoms with Crippen molar-refractivity contribution in [3.63, 3.8) is 0 Å². The summed E-state index contributed by atoms with van der Waals surface area (Å²) < 4.78 is 5.64. The van der Waals surface area contributed by atoms with Gasteiger partial charge in [0.15, 0.2) is 0 Å². The van der Waals surface area contributed by atoms with E-state index < -0.39 is 0 Å². The summed E-state index contributed by atoms with van der Waals surface area (Å²) in [5, 5.41) is 3.12. The molecule has 4 heteroatoms. The van der Waals surface area contributed by atoms with Crippen molar-refractivity contribution in [2.45, 2.75) is 64.1 Å². The molecule has 1 aliphatic carbocycles. The Morgan fingerprint density at radius 3 is 2.67 bits per heavy atom. The van der Waals surface area contributed by atoms with E-state index in [4.69, 9.17) is 10.5 Å². The molecule has 2 rings (SSSR count). The van der Waals surface area contributed by atoms with E-state index in [1.165, 1.54) is 0 Å². The lowest BCUT2D eigenvalue weighted by atomic mass is 9.72. The molecule has 104 valence electrons. The summed E-state index contributed by atoms with van der Waals surface area (Å²) in [6.45, 7) is 5.05. The molecule has 4 atom stereocenters. The Morgan fingerprint density at radius 1 is 1.39 bits per heavy atom. The fourth-order valence-corrected chi connectivity index (χ4v) is 3.31. The molecule has 0 aromatic carbocycles. The maximum absolute atomic E-state index is 12.2. The summed E-state index contributed by atoms with van der Waals surface area (Å²) in [6, 6.07) is 0.131. The maximum atomic E-state index is 12.2. The first-order valence-corrected chi connectivity index (χ1v) is 7.36. The molecule has 2 fully saturated rings. The van der Waals surface area contributed by atoms with E-state index in [9.17, 15) is 4.79 Å². The summed E-state index contributed by atoms with van der Waals surface area (Å²) in [5.74, 6) is 0.784. The minimum absolute atomic E-state index is 0.0428. The third kappa shape index (κ3) is 2.54. The molecule has 1 saturated carbocycles. The predicted octanol–water partition coefficient (Wildman–Crippen LogP) is 1.43. The summed E-state index contributed by atoms with van der Waals surface area (Å²) in [6.07, 6.45) is 5.26. The Hall–Kier alpha value is -0.610. The van der Waals surface area contributed by atoms with Gasteiger partial charge < -0.3 is 15.8 Å². The third-order valence-electron chi connectivity index (χ3n) is 4.40. The van der Waals surface area contributed by atoms with Crippen LogP contribution in [0.2, 0.25) is 0 Å². The van der Waals surface area contributed by atoms with Crippen LogP contribution in [0.25, 0.3) is 0 Å². The van der Waals surface area contributed by atoms with Gasteiger partial charge in [0.2, 0.25) is 5.91 Å². The van der Waals surface area contributed by atoms with Crippen LogP contribution in [-0.4, -0.2) is 30.7 Å². The predicted molar refractivity (Wildman–Crippen MR) is 71.1 cm³/mol. The van der Waals surface area contributed by atoms with Gasteiger partial charge in [-0.3, -0.25) is 4.79 Å². The van der Waals surface area contributed by atoms with Gasteiger partial charge in [0, 0.05) is 24.5 Å². The smallest absolute Gasteiger partial charge is 0.223 e. The highest BCUT2D eigenvalue weighted by atomic mass is 16.5. The number of fused-ring (bicyclic) bond motifs is 1. The lowest BCUT2D eigenvalue weighted by Gasteiger charge is -2.46. The molecule has 4 nitrogen and oxygen atoms in total. The Labute approximate surface area is 110 Å². The Morgan fingerprint density at radius 2 is 2.06 bits per heavy atom. The molecule has 0 aromatic rings. The first-order valence-electron chi connectivity index (χ1n) is 7.36. The van der Waals surface area contributed by atoms with Crippen molar-refractivity contribution in [1.29, 1.82) is 0 Å². The van der Waals surface area contributed by atoms with E-state index in [-0.39, 0.29) is 30.0 Å².